The second-order valence-corrected chi connectivity index (χ2v) is 10.6. The van der Waals surface area contributed by atoms with Gasteiger partial charge >= 0.3 is 6.03 Å². The maximum atomic E-state index is 13.5. The normalized spacial score (nSPS) is 24.1. The predicted molar refractivity (Wildman–Crippen MR) is 129 cm³/mol. The number of hydrogen-bond acceptors (Lipinski definition) is 3. The van der Waals surface area contributed by atoms with Crippen LogP contribution in [0, 0.1) is 18.3 Å². The number of rotatable bonds is 5. The lowest BCUT2D eigenvalue weighted by Crippen LogP contribution is -2.54. The van der Waals surface area contributed by atoms with Gasteiger partial charge < -0.3 is 10.2 Å². The molecule has 4 amide bonds. The molecule has 1 spiro atoms. The molecule has 2 aliphatic rings. The fourth-order valence-electron chi connectivity index (χ4n) is 5.68. The highest BCUT2D eigenvalue weighted by Crippen LogP contribution is 2.46. The van der Waals surface area contributed by atoms with Gasteiger partial charge in [-0.3, -0.25) is 14.5 Å². The van der Waals surface area contributed by atoms with E-state index >= 15 is 0 Å². The van der Waals surface area contributed by atoms with Crippen LogP contribution >= 0.6 is 0 Å². The van der Waals surface area contributed by atoms with Gasteiger partial charge in [0.1, 0.15) is 12.1 Å². The first kappa shape index (κ1) is 23.0. The highest BCUT2D eigenvalue weighted by atomic mass is 16.2. The van der Waals surface area contributed by atoms with Crippen LogP contribution in [0.3, 0.4) is 0 Å². The van der Waals surface area contributed by atoms with Gasteiger partial charge in [0.25, 0.3) is 5.91 Å². The quantitative estimate of drug-likeness (QED) is 0.678. The molecule has 0 aromatic heterocycles. The van der Waals surface area contributed by atoms with Crippen molar-refractivity contribution in [2.45, 2.75) is 59.0 Å². The van der Waals surface area contributed by atoms with E-state index in [1.165, 1.54) is 0 Å². The van der Waals surface area contributed by atoms with Gasteiger partial charge in [-0.25, -0.2) is 4.79 Å². The van der Waals surface area contributed by atoms with Crippen molar-refractivity contribution in [2.24, 2.45) is 11.3 Å². The van der Waals surface area contributed by atoms with Crippen molar-refractivity contribution >= 4 is 23.5 Å². The third-order valence-electron chi connectivity index (χ3n) is 6.75. The summed E-state index contributed by atoms with van der Waals surface area (Å²) in [7, 11) is 0. The number of nitrogens with one attached hydrogen (secondary N) is 1. The molecule has 0 radical (unpaired) electrons. The van der Waals surface area contributed by atoms with Crippen LogP contribution < -0.4 is 10.2 Å². The molecule has 6 nitrogen and oxygen atoms in total. The maximum absolute atomic E-state index is 13.5. The standard InChI is InChI=1S/C27H33N3O3/c1-19-10-12-22(13-11-19)29(16-21-8-6-5-7-9-21)23(31)17-30-24(32)27(28-25(30)33)15-20(2)14-26(3,4)18-27/h5-13,20H,14-18H2,1-4H3,(H,28,33)/t20-,27+/m0/s1. The second kappa shape index (κ2) is 8.65. The average Bonchev–Trinajstić information content (AvgIpc) is 2.95. The number of imide groups is 1. The molecule has 0 bridgehead atoms. The van der Waals surface area contributed by atoms with Gasteiger partial charge in [-0.15, -0.1) is 0 Å². The van der Waals surface area contributed by atoms with E-state index in [4.69, 9.17) is 0 Å². The fourth-order valence-corrected chi connectivity index (χ4v) is 5.68. The summed E-state index contributed by atoms with van der Waals surface area (Å²) in [5, 5.41) is 2.96. The highest BCUT2D eigenvalue weighted by molar-refractivity contribution is 6.10. The number of benzene rings is 2. The Morgan fingerprint density at radius 2 is 1.73 bits per heavy atom. The molecule has 2 aromatic rings. The second-order valence-electron chi connectivity index (χ2n) is 10.6. The number of urea groups is 1. The molecule has 4 rings (SSSR count). The summed E-state index contributed by atoms with van der Waals surface area (Å²) in [6.45, 7) is 8.47. The molecule has 1 aliphatic heterocycles. The van der Waals surface area contributed by atoms with Crippen molar-refractivity contribution in [1.82, 2.24) is 10.2 Å². The van der Waals surface area contributed by atoms with Crippen LogP contribution in [0.2, 0.25) is 0 Å². The molecular weight excluding hydrogens is 414 g/mol. The third kappa shape index (κ3) is 4.80. The first-order valence-electron chi connectivity index (χ1n) is 11.6. The first-order chi connectivity index (χ1) is 15.6. The van der Waals surface area contributed by atoms with Crippen molar-refractivity contribution in [2.75, 3.05) is 11.4 Å². The van der Waals surface area contributed by atoms with E-state index in [9.17, 15) is 14.4 Å². The van der Waals surface area contributed by atoms with Crippen LogP contribution in [0.4, 0.5) is 10.5 Å². The number of aryl methyl sites for hydroxylation is 1. The maximum Gasteiger partial charge on any atom is 0.325 e. The molecule has 2 atom stereocenters. The van der Waals surface area contributed by atoms with Crippen LogP contribution in [0.5, 0.6) is 0 Å². The molecule has 0 unspecified atom stereocenters. The lowest BCUT2D eigenvalue weighted by molar-refractivity contribution is -0.137. The van der Waals surface area contributed by atoms with Crippen molar-refractivity contribution in [1.29, 1.82) is 0 Å². The smallest absolute Gasteiger partial charge is 0.323 e. The number of carbonyl (C=O) groups is 3. The van der Waals surface area contributed by atoms with Gasteiger partial charge in [0, 0.05) is 5.69 Å². The van der Waals surface area contributed by atoms with Crippen molar-refractivity contribution < 1.29 is 14.4 Å². The van der Waals surface area contributed by atoms with Crippen LogP contribution in [0.25, 0.3) is 0 Å². The largest absolute Gasteiger partial charge is 0.325 e. The highest BCUT2D eigenvalue weighted by Gasteiger charge is 2.56. The van der Waals surface area contributed by atoms with Gasteiger partial charge in [0.05, 0.1) is 6.54 Å². The number of carbonyl (C=O) groups excluding carboxylic acids is 3. The number of nitrogens with zero attached hydrogens (tertiary/aromatic N) is 2. The third-order valence-corrected chi connectivity index (χ3v) is 6.75. The molecule has 2 aromatic carbocycles. The molecular formula is C27H33N3O3. The summed E-state index contributed by atoms with van der Waals surface area (Å²) in [5.41, 5.74) is 1.84. The van der Waals surface area contributed by atoms with Crippen LogP contribution in [0.15, 0.2) is 54.6 Å². The Hall–Kier alpha value is -3.15. The minimum atomic E-state index is -0.910. The zero-order chi connectivity index (χ0) is 23.8. The van der Waals surface area contributed by atoms with E-state index in [1.54, 1.807) is 4.90 Å². The van der Waals surface area contributed by atoms with Crippen molar-refractivity contribution in [3.63, 3.8) is 0 Å². The summed E-state index contributed by atoms with van der Waals surface area (Å²) in [5.74, 6) is -0.244. The van der Waals surface area contributed by atoms with Gasteiger partial charge in [-0.1, -0.05) is 68.8 Å². The average molecular weight is 448 g/mol. The Morgan fingerprint density at radius 3 is 2.36 bits per heavy atom. The summed E-state index contributed by atoms with van der Waals surface area (Å²) in [6.07, 6.45) is 2.21. The Bertz CT molecular complexity index is 1050. The molecule has 6 heteroatoms. The molecule has 2 fully saturated rings. The Morgan fingerprint density at radius 1 is 1.06 bits per heavy atom. The number of amides is 4. The van der Waals surface area contributed by atoms with E-state index in [2.05, 4.69) is 26.1 Å². The minimum absolute atomic E-state index is 0.0537. The number of anilines is 1. The summed E-state index contributed by atoms with van der Waals surface area (Å²) >= 11 is 0. The molecule has 1 aliphatic carbocycles. The zero-order valence-corrected chi connectivity index (χ0v) is 19.9. The summed E-state index contributed by atoms with van der Waals surface area (Å²) in [6, 6.07) is 16.9. The first-order valence-corrected chi connectivity index (χ1v) is 11.6. The summed E-state index contributed by atoms with van der Waals surface area (Å²) < 4.78 is 0. The van der Waals surface area contributed by atoms with E-state index in [0.29, 0.717) is 25.3 Å². The Kier molecular flexibility index (Phi) is 6.04. The molecule has 1 N–H and O–H groups in total. The van der Waals surface area contributed by atoms with E-state index in [1.807, 2.05) is 61.5 Å². The molecule has 1 saturated heterocycles. The monoisotopic (exact) mass is 447 g/mol. The van der Waals surface area contributed by atoms with E-state index < -0.39 is 11.6 Å². The fraction of sp³-hybridized carbons (Fsp3) is 0.444. The van der Waals surface area contributed by atoms with Gasteiger partial charge in [0.2, 0.25) is 5.91 Å². The Balaban J connectivity index is 1.58. The molecule has 174 valence electrons. The van der Waals surface area contributed by atoms with Gasteiger partial charge in [-0.05, 0) is 55.2 Å². The Labute approximate surface area is 196 Å². The van der Waals surface area contributed by atoms with Crippen molar-refractivity contribution in [3.8, 4) is 0 Å². The van der Waals surface area contributed by atoms with E-state index in [-0.39, 0.29) is 23.8 Å². The lowest BCUT2D eigenvalue weighted by Gasteiger charge is -2.43. The molecule has 1 heterocycles. The van der Waals surface area contributed by atoms with Gasteiger partial charge in [0.15, 0.2) is 0 Å². The topological polar surface area (TPSA) is 69.7 Å². The summed E-state index contributed by atoms with van der Waals surface area (Å²) in [4.78, 5) is 42.6. The van der Waals surface area contributed by atoms with Gasteiger partial charge in [-0.2, -0.15) is 0 Å². The molecule has 1 saturated carbocycles. The number of hydrogen-bond donors (Lipinski definition) is 1. The van der Waals surface area contributed by atoms with Crippen LogP contribution in [-0.4, -0.2) is 34.8 Å². The minimum Gasteiger partial charge on any atom is -0.323 e. The SMILES string of the molecule is Cc1ccc(N(Cc2ccccc2)C(=O)CN2C(=O)N[C@@]3(C[C@@H](C)CC(C)(C)C3)C2=O)cc1. The lowest BCUT2D eigenvalue weighted by atomic mass is 9.64. The van der Waals surface area contributed by atoms with Crippen LogP contribution in [-0.2, 0) is 16.1 Å². The predicted octanol–water partition coefficient (Wildman–Crippen LogP) is 4.67. The zero-order valence-electron chi connectivity index (χ0n) is 19.9. The molecule has 33 heavy (non-hydrogen) atoms. The van der Waals surface area contributed by atoms with Crippen LogP contribution in [0.1, 0.15) is 51.2 Å². The van der Waals surface area contributed by atoms with E-state index in [0.717, 1.165) is 28.1 Å². The van der Waals surface area contributed by atoms with Crippen molar-refractivity contribution in [3.05, 3.63) is 65.7 Å².